The third-order valence-electron chi connectivity index (χ3n) is 3.23. The molecule has 2 aromatic rings. The van der Waals surface area contributed by atoms with Crippen molar-refractivity contribution in [3.8, 4) is 0 Å². The van der Waals surface area contributed by atoms with Gasteiger partial charge in [0.1, 0.15) is 5.51 Å². The lowest BCUT2D eigenvalue weighted by molar-refractivity contribution is -0.0974. The highest BCUT2D eigenvalue weighted by Crippen LogP contribution is 2.13. The van der Waals surface area contributed by atoms with Crippen molar-refractivity contribution in [3.63, 3.8) is 0 Å². The van der Waals surface area contributed by atoms with Crippen LogP contribution < -0.4 is 5.56 Å². The predicted octanol–water partition coefficient (Wildman–Crippen LogP) is -0.267. The fraction of sp³-hybridized carbons (Fsp3) is 0.583. The number of hydrogen-bond donors (Lipinski definition) is 1. The standard InChI is InChI=1S/C12H16N4O3S/c1-8-3-15(5-10(6-17)19-8)4-9-2-11(18)16-12(14-9)20-7-13-16/h2,7-8,10,17H,3-6H2,1H3. The van der Waals surface area contributed by atoms with Gasteiger partial charge in [0.05, 0.1) is 24.5 Å². The van der Waals surface area contributed by atoms with Gasteiger partial charge in [-0.3, -0.25) is 9.69 Å². The van der Waals surface area contributed by atoms with Crippen LogP contribution in [0.4, 0.5) is 0 Å². The summed E-state index contributed by atoms with van der Waals surface area (Å²) in [7, 11) is 0. The smallest absolute Gasteiger partial charge is 0.275 e. The molecule has 2 aromatic heterocycles. The summed E-state index contributed by atoms with van der Waals surface area (Å²) in [5.41, 5.74) is 2.17. The van der Waals surface area contributed by atoms with Gasteiger partial charge in [-0.1, -0.05) is 11.3 Å². The first-order valence-corrected chi connectivity index (χ1v) is 7.35. The fourth-order valence-electron chi connectivity index (χ4n) is 2.48. The molecule has 1 N–H and O–H groups in total. The van der Waals surface area contributed by atoms with E-state index in [-0.39, 0.29) is 24.4 Å². The van der Waals surface area contributed by atoms with Gasteiger partial charge in [0, 0.05) is 25.7 Å². The monoisotopic (exact) mass is 296 g/mol. The Morgan fingerprint density at radius 2 is 2.40 bits per heavy atom. The molecular weight excluding hydrogens is 280 g/mol. The van der Waals surface area contributed by atoms with Crippen molar-refractivity contribution in [1.82, 2.24) is 19.5 Å². The van der Waals surface area contributed by atoms with Crippen LogP contribution in [-0.2, 0) is 11.3 Å². The second-order valence-electron chi connectivity index (χ2n) is 4.96. The molecule has 3 heterocycles. The quantitative estimate of drug-likeness (QED) is 0.840. The van der Waals surface area contributed by atoms with Crippen molar-refractivity contribution in [2.24, 2.45) is 0 Å². The van der Waals surface area contributed by atoms with Crippen LogP contribution in [0.2, 0.25) is 0 Å². The summed E-state index contributed by atoms with van der Waals surface area (Å²) in [5, 5.41) is 13.2. The number of nitrogens with zero attached hydrogens (tertiary/aromatic N) is 4. The first-order valence-electron chi connectivity index (χ1n) is 6.47. The molecular formula is C12H16N4O3S. The Bertz CT molecular complexity index is 655. The zero-order chi connectivity index (χ0) is 14.1. The first kappa shape index (κ1) is 13.6. The number of rotatable bonds is 3. The van der Waals surface area contributed by atoms with Crippen LogP contribution in [0.5, 0.6) is 0 Å². The average Bonchev–Trinajstić information content (AvgIpc) is 2.86. The molecule has 0 aliphatic carbocycles. The minimum atomic E-state index is -0.174. The largest absolute Gasteiger partial charge is 0.394 e. The van der Waals surface area contributed by atoms with E-state index < -0.39 is 0 Å². The lowest BCUT2D eigenvalue weighted by atomic mass is 10.2. The molecule has 0 saturated carbocycles. The summed E-state index contributed by atoms with van der Waals surface area (Å²) in [6.45, 7) is 3.97. The van der Waals surface area contributed by atoms with Crippen molar-refractivity contribution in [2.45, 2.75) is 25.7 Å². The van der Waals surface area contributed by atoms with Crippen LogP contribution in [0.15, 0.2) is 16.4 Å². The molecule has 108 valence electrons. The lowest BCUT2D eigenvalue weighted by Gasteiger charge is -2.35. The van der Waals surface area contributed by atoms with E-state index in [0.717, 1.165) is 12.2 Å². The number of aliphatic hydroxyl groups is 1. The third-order valence-corrected chi connectivity index (χ3v) is 3.91. The maximum atomic E-state index is 11.9. The number of aliphatic hydroxyl groups excluding tert-OH is 1. The van der Waals surface area contributed by atoms with E-state index in [4.69, 9.17) is 4.74 Å². The van der Waals surface area contributed by atoms with Crippen LogP contribution in [-0.4, -0.2) is 56.5 Å². The molecule has 3 rings (SSSR count). The van der Waals surface area contributed by atoms with E-state index in [1.54, 1.807) is 5.51 Å². The molecule has 0 radical (unpaired) electrons. The minimum absolute atomic E-state index is 0.00477. The van der Waals surface area contributed by atoms with E-state index in [9.17, 15) is 9.90 Å². The van der Waals surface area contributed by atoms with Crippen molar-refractivity contribution >= 4 is 16.3 Å². The number of ether oxygens (including phenoxy) is 1. The van der Waals surface area contributed by atoms with Crippen LogP contribution in [0.3, 0.4) is 0 Å². The summed E-state index contributed by atoms with van der Waals surface area (Å²) < 4.78 is 6.90. The molecule has 7 nitrogen and oxygen atoms in total. The summed E-state index contributed by atoms with van der Waals surface area (Å²) in [4.78, 5) is 19.1. The molecule has 2 atom stereocenters. The van der Waals surface area contributed by atoms with Gasteiger partial charge in [-0.15, -0.1) is 0 Å². The van der Waals surface area contributed by atoms with E-state index >= 15 is 0 Å². The van der Waals surface area contributed by atoms with Crippen LogP contribution in [0.1, 0.15) is 12.6 Å². The third kappa shape index (κ3) is 2.73. The summed E-state index contributed by atoms with van der Waals surface area (Å²) in [6, 6.07) is 1.51. The highest BCUT2D eigenvalue weighted by Gasteiger charge is 2.25. The van der Waals surface area contributed by atoms with Gasteiger partial charge in [0.15, 0.2) is 0 Å². The molecule has 1 saturated heterocycles. The van der Waals surface area contributed by atoms with Crippen molar-refractivity contribution in [2.75, 3.05) is 19.7 Å². The zero-order valence-electron chi connectivity index (χ0n) is 11.1. The Morgan fingerprint density at radius 3 is 3.20 bits per heavy atom. The maximum absolute atomic E-state index is 11.9. The molecule has 0 amide bonds. The molecule has 20 heavy (non-hydrogen) atoms. The fourth-order valence-corrected chi connectivity index (χ4v) is 3.12. The van der Waals surface area contributed by atoms with Crippen LogP contribution in [0.25, 0.3) is 4.96 Å². The average molecular weight is 296 g/mol. The van der Waals surface area contributed by atoms with E-state index in [1.165, 1.54) is 21.9 Å². The van der Waals surface area contributed by atoms with Crippen LogP contribution in [0, 0.1) is 0 Å². The SMILES string of the molecule is CC1CN(Cc2cc(=O)n3ncsc3n2)CC(CO)O1. The summed E-state index contributed by atoms with van der Waals surface area (Å²) in [5.74, 6) is 0. The van der Waals surface area contributed by atoms with Gasteiger partial charge in [0.25, 0.3) is 5.56 Å². The highest BCUT2D eigenvalue weighted by atomic mass is 32.1. The molecule has 0 spiro atoms. The van der Waals surface area contributed by atoms with E-state index in [1.807, 2.05) is 6.92 Å². The van der Waals surface area contributed by atoms with Crippen molar-refractivity contribution in [3.05, 3.63) is 27.6 Å². The Kier molecular flexibility index (Phi) is 3.79. The number of fused-ring (bicyclic) bond motifs is 1. The summed E-state index contributed by atoms with van der Waals surface area (Å²) >= 11 is 1.34. The molecule has 1 fully saturated rings. The molecule has 1 aliphatic heterocycles. The van der Waals surface area contributed by atoms with Crippen LogP contribution >= 0.6 is 11.3 Å². The number of hydrogen-bond acceptors (Lipinski definition) is 7. The molecule has 2 unspecified atom stereocenters. The topological polar surface area (TPSA) is 80.0 Å². The first-order chi connectivity index (χ1) is 9.65. The lowest BCUT2D eigenvalue weighted by Crippen LogP contribution is -2.47. The predicted molar refractivity (Wildman–Crippen MR) is 73.8 cm³/mol. The van der Waals surface area contributed by atoms with Gasteiger partial charge in [-0.05, 0) is 6.92 Å². The molecule has 1 aliphatic rings. The highest BCUT2D eigenvalue weighted by molar-refractivity contribution is 7.14. The second kappa shape index (κ2) is 5.57. The second-order valence-corrected chi connectivity index (χ2v) is 5.78. The Hall–Kier alpha value is -1.35. The number of morpholine rings is 1. The molecule has 0 aromatic carbocycles. The van der Waals surface area contributed by atoms with E-state index in [0.29, 0.717) is 18.1 Å². The number of aromatic nitrogens is 3. The van der Waals surface area contributed by atoms with Gasteiger partial charge in [-0.25, -0.2) is 4.98 Å². The van der Waals surface area contributed by atoms with Crippen molar-refractivity contribution < 1.29 is 9.84 Å². The Labute approximate surface area is 119 Å². The maximum Gasteiger partial charge on any atom is 0.275 e. The Balaban J connectivity index is 1.80. The Morgan fingerprint density at radius 1 is 1.55 bits per heavy atom. The van der Waals surface area contributed by atoms with E-state index in [2.05, 4.69) is 15.0 Å². The van der Waals surface area contributed by atoms with Gasteiger partial charge in [-0.2, -0.15) is 9.61 Å². The molecule has 0 bridgehead atoms. The zero-order valence-corrected chi connectivity index (χ0v) is 11.9. The normalized spacial score (nSPS) is 24.3. The molecule has 8 heteroatoms. The minimum Gasteiger partial charge on any atom is -0.394 e. The van der Waals surface area contributed by atoms with Gasteiger partial charge in [0.2, 0.25) is 4.96 Å². The van der Waals surface area contributed by atoms with Crippen molar-refractivity contribution in [1.29, 1.82) is 0 Å². The van der Waals surface area contributed by atoms with Gasteiger partial charge < -0.3 is 9.84 Å². The van der Waals surface area contributed by atoms with Gasteiger partial charge >= 0.3 is 0 Å². The summed E-state index contributed by atoms with van der Waals surface area (Å²) in [6.07, 6.45) is -0.110.